The van der Waals surface area contributed by atoms with Gasteiger partial charge in [-0.3, -0.25) is 4.79 Å². The highest BCUT2D eigenvalue weighted by atomic mass is 32.2. The molecule has 28 heavy (non-hydrogen) atoms. The molecule has 4 rings (SSSR count). The van der Waals surface area contributed by atoms with Crippen LogP contribution in [0.5, 0.6) is 5.75 Å². The van der Waals surface area contributed by atoms with Gasteiger partial charge in [0, 0.05) is 25.9 Å². The van der Waals surface area contributed by atoms with Crippen molar-refractivity contribution in [1.29, 1.82) is 0 Å². The van der Waals surface area contributed by atoms with Crippen LogP contribution < -0.4 is 4.74 Å². The van der Waals surface area contributed by atoms with Crippen molar-refractivity contribution < 1.29 is 17.9 Å². The molecule has 1 fully saturated rings. The normalized spacial score (nSPS) is 19.3. The molecule has 0 amide bonds. The summed E-state index contributed by atoms with van der Waals surface area (Å²) in [5.41, 5.74) is 3.08. The number of ketones is 1. The topological polar surface area (TPSA) is 63.7 Å². The molecular formula is C22H25NO4S. The van der Waals surface area contributed by atoms with Crippen LogP contribution >= 0.6 is 0 Å². The average Bonchev–Trinajstić information content (AvgIpc) is 2.61. The van der Waals surface area contributed by atoms with Crippen LogP contribution in [0.1, 0.15) is 46.3 Å². The lowest BCUT2D eigenvalue weighted by atomic mass is 9.82. The summed E-state index contributed by atoms with van der Waals surface area (Å²) >= 11 is 0. The van der Waals surface area contributed by atoms with E-state index in [1.807, 2.05) is 45.0 Å². The number of carbonyl (C=O) groups is 1. The van der Waals surface area contributed by atoms with Gasteiger partial charge in [-0.2, -0.15) is 4.31 Å². The van der Waals surface area contributed by atoms with Crippen LogP contribution in [0, 0.1) is 20.8 Å². The molecule has 2 aromatic rings. The summed E-state index contributed by atoms with van der Waals surface area (Å²) in [6, 6.07) is 10.8. The first-order chi connectivity index (χ1) is 13.2. The Kier molecular flexibility index (Phi) is 4.59. The first-order valence-electron chi connectivity index (χ1n) is 9.61. The van der Waals surface area contributed by atoms with Gasteiger partial charge in [0.25, 0.3) is 0 Å². The number of sulfonamides is 1. The van der Waals surface area contributed by atoms with Crippen molar-refractivity contribution in [3.63, 3.8) is 0 Å². The predicted molar refractivity (Wildman–Crippen MR) is 107 cm³/mol. The SMILES string of the molecule is Cc1ccc(S(=O)(=O)N2CCC3(CC2)CC(=O)c2c(C)cc(C)cc2O3)cc1. The van der Waals surface area contributed by atoms with Crippen molar-refractivity contribution in [1.82, 2.24) is 4.31 Å². The molecule has 0 unspecified atom stereocenters. The fraction of sp³-hybridized carbons (Fsp3) is 0.409. The van der Waals surface area contributed by atoms with E-state index in [2.05, 4.69) is 0 Å². The molecular weight excluding hydrogens is 374 g/mol. The van der Waals surface area contributed by atoms with E-state index in [0.717, 1.165) is 16.7 Å². The van der Waals surface area contributed by atoms with Gasteiger partial charge in [-0.15, -0.1) is 0 Å². The summed E-state index contributed by atoms with van der Waals surface area (Å²) in [6.45, 7) is 6.55. The Labute approximate surface area is 166 Å². The Morgan fingerprint density at radius 2 is 1.61 bits per heavy atom. The fourth-order valence-corrected chi connectivity index (χ4v) is 5.73. The molecule has 0 aromatic heterocycles. The molecule has 0 aliphatic carbocycles. The number of fused-ring (bicyclic) bond motifs is 1. The van der Waals surface area contributed by atoms with Gasteiger partial charge in [-0.25, -0.2) is 8.42 Å². The molecule has 2 heterocycles. The van der Waals surface area contributed by atoms with Crippen molar-refractivity contribution >= 4 is 15.8 Å². The Balaban J connectivity index is 1.55. The number of Topliss-reactive ketones (excluding diaryl/α,β-unsaturated/α-hetero) is 1. The van der Waals surface area contributed by atoms with Gasteiger partial charge in [-0.1, -0.05) is 23.8 Å². The van der Waals surface area contributed by atoms with Gasteiger partial charge in [0.15, 0.2) is 5.78 Å². The minimum absolute atomic E-state index is 0.0913. The number of rotatable bonds is 2. The number of carbonyl (C=O) groups excluding carboxylic acids is 1. The van der Waals surface area contributed by atoms with Crippen molar-refractivity contribution in [2.75, 3.05) is 13.1 Å². The van der Waals surface area contributed by atoms with E-state index in [1.165, 1.54) is 4.31 Å². The van der Waals surface area contributed by atoms with Crippen LogP contribution in [0.15, 0.2) is 41.3 Å². The minimum Gasteiger partial charge on any atom is -0.486 e. The average molecular weight is 400 g/mol. The van der Waals surface area contributed by atoms with Crippen molar-refractivity contribution in [2.45, 2.75) is 50.5 Å². The molecule has 2 aliphatic rings. The van der Waals surface area contributed by atoms with Gasteiger partial charge < -0.3 is 4.74 Å². The van der Waals surface area contributed by atoms with Crippen LogP contribution in [0.2, 0.25) is 0 Å². The molecule has 0 N–H and O–H groups in total. The van der Waals surface area contributed by atoms with Gasteiger partial charge >= 0.3 is 0 Å². The van der Waals surface area contributed by atoms with E-state index < -0.39 is 15.6 Å². The monoisotopic (exact) mass is 399 g/mol. The standard InChI is InChI=1S/C22H25NO4S/c1-15-4-6-18(7-5-15)28(25,26)23-10-8-22(9-11-23)14-19(24)21-17(3)12-16(2)13-20(21)27-22/h4-7,12-13H,8-11,14H2,1-3H3. The molecule has 1 saturated heterocycles. The largest absolute Gasteiger partial charge is 0.486 e. The van der Waals surface area contributed by atoms with Crippen LogP contribution in [-0.2, 0) is 10.0 Å². The van der Waals surface area contributed by atoms with Gasteiger partial charge in [0.2, 0.25) is 10.0 Å². The van der Waals surface area contributed by atoms with Gasteiger partial charge in [0.05, 0.1) is 16.9 Å². The molecule has 6 heteroatoms. The number of hydrogen-bond acceptors (Lipinski definition) is 4. The molecule has 0 radical (unpaired) electrons. The number of benzene rings is 2. The second-order valence-corrected chi connectivity index (χ2v) is 10.00. The molecule has 0 saturated carbocycles. The zero-order chi connectivity index (χ0) is 20.1. The molecule has 148 valence electrons. The highest BCUT2D eigenvalue weighted by molar-refractivity contribution is 7.89. The lowest BCUT2D eigenvalue weighted by molar-refractivity contribution is 0.00578. The Morgan fingerprint density at radius 1 is 0.964 bits per heavy atom. The van der Waals surface area contributed by atoms with Crippen LogP contribution in [0.3, 0.4) is 0 Å². The Hall–Kier alpha value is -2.18. The smallest absolute Gasteiger partial charge is 0.243 e. The third-order valence-corrected chi connectivity index (χ3v) is 7.74. The van der Waals surface area contributed by atoms with Gasteiger partial charge in [0.1, 0.15) is 11.4 Å². The van der Waals surface area contributed by atoms with E-state index >= 15 is 0 Å². The van der Waals surface area contributed by atoms with E-state index in [0.29, 0.717) is 48.6 Å². The molecule has 2 aliphatic heterocycles. The van der Waals surface area contributed by atoms with Crippen LogP contribution in [-0.4, -0.2) is 37.2 Å². The third-order valence-electron chi connectivity index (χ3n) is 5.82. The lowest BCUT2D eigenvalue weighted by Crippen LogP contribution is -2.52. The maximum absolute atomic E-state index is 12.9. The summed E-state index contributed by atoms with van der Waals surface area (Å²) in [5.74, 6) is 0.734. The molecule has 1 spiro atoms. The Bertz CT molecular complexity index is 1030. The predicted octanol–water partition coefficient (Wildman–Crippen LogP) is 3.80. The summed E-state index contributed by atoms with van der Waals surface area (Å²) in [5, 5.41) is 0. The van der Waals surface area contributed by atoms with E-state index in [9.17, 15) is 13.2 Å². The van der Waals surface area contributed by atoms with Crippen molar-refractivity contribution in [2.24, 2.45) is 0 Å². The highest BCUT2D eigenvalue weighted by Crippen LogP contribution is 2.41. The highest BCUT2D eigenvalue weighted by Gasteiger charge is 2.45. The summed E-state index contributed by atoms with van der Waals surface area (Å²) in [6.07, 6.45) is 1.33. The second kappa shape index (κ2) is 6.71. The number of aryl methyl sites for hydroxylation is 3. The zero-order valence-corrected chi connectivity index (χ0v) is 17.3. The maximum atomic E-state index is 12.9. The molecule has 0 bridgehead atoms. The van der Waals surface area contributed by atoms with Crippen LogP contribution in [0.4, 0.5) is 0 Å². The summed E-state index contributed by atoms with van der Waals surface area (Å²) < 4.78 is 33.7. The number of ether oxygens (including phenoxy) is 1. The Morgan fingerprint density at radius 3 is 2.25 bits per heavy atom. The zero-order valence-electron chi connectivity index (χ0n) is 16.5. The second-order valence-electron chi connectivity index (χ2n) is 8.06. The number of hydrogen-bond donors (Lipinski definition) is 0. The first kappa shape index (κ1) is 19.2. The van der Waals surface area contributed by atoms with E-state index in [1.54, 1.807) is 12.1 Å². The van der Waals surface area contributed by atoms with Gasteiger partial charge in [-0.05, 0) is 50.1 Å². The number of nitrogens with zero attached hydrogens (tertiary/aromatic N) is 1. The maximum Gasteiger partial charge on any atom is 0.243 e. The fourth-order valence-electron chi connectivity index (χ4n) is 4.29. The van der Waals surface area contributed by atoms with Crippen molar-refractivity contribution in [3.05, 3.63) is 58.7 Å². The minimum atomic E-state index is -3.53. The summed E-state index contributed by atoms with van der Waals surface area (Å²) in [7, 11) is -3.53. The van der Waals surface area contributed by atoms with Crippen LogP contribution in [0.25, 0.3) is 0 Å². The van der Waals surface area contributed by atoms with Crippen molar-refractivity contribution in [3.8, 4) is 5.75 Å². The van der Waals surface area contributed by atoms with E-state index in [4.69, 9.17) is 4.74 Å². The first-order valence-corrected chi connectivity index (χ1v) is 11.0. The molecule has 5 nitrogen and oxygen atoms in total. The summed E-state index contributed by atoms with van der Waals surface area (Å²) in [4.78, 5) is 13.1. The molecule has 2 aromatic carbocycles. The number of piperidine rings is 1. The quantitative estimate of drug-likeness (QED) is 0.771. The lowest BCUT2D eigenvalue weighted by Gasteiger charge is -2.43. The van der Waals surface area contributed by atoms with E-state index in [-0.39, 0.29) is 5.78 Å². The third kappa shape index (κ3) is 3.25. The molecule has 0 atom stereocenters.